The smallest absolute Gasteiger partial charge is 0.316 e. The van der Waals surface area contributed by atoms with Gasteiger partial charge in [0, 0.05) is 43.5 Å². The lowest BCUT2D eigenvalue weighted by molar-refractivity contribution is 0.292. The summed E-state index contributed by atoms with van der Waals surface area (Å²) < 4.78 is 39.4. The van der Waals surface area contributed by atoms with Gasteiger partial charge in [0.2, 0.25) is 5.82 Å². The topological polar surface area (TPSA) is 75.6 Å². The average molecular weight is 549 g/mol. The average Bonchev–Trinajstić information content (AvgIpc) is 3.69. The van der Waals surface area contributed by atoms with Crippen molar-refractivity contribution in [3.8, 4) is 30.0 Å². The van der Waals surface area contributed by atoms with Crippen LogP contribution < -0.4 is 19.7 Å². The summed E-state index contributed by atoms with van der Waals surface area (Å²) >= 11 is 0. The number of anilines is 1. The monoisotopic (exact) mass is 548 g/mol. The lowest BCUT2D eigenvalue weighted by Gasteiger charge is -2.33. The molecule has 4 fully saturated rings. The molecule has 0 amide bonds. The largest absolute Gasteiger partial charge is 0.467 e. The summed E-state index contributed by atoms with van der Waals surface area (Å²) in [4.78, 5) is 17.2. The van der Waals surface area contributed by atoms with E-state index in [1.165, 1.54) is 26.1 Å². The van der Waals surface area contributed by atoms with Gasteiger partial charge in [0.15, 0.2) is 0 Å². The van der Waals surface area contributed by atoms with Gasteiger partial charge < -0.3 is 19.7 Å². The molecule has 3 aromatic rings. The number of aromatic nitrogens is 3. The Morgan fingerprint density at radius 1 is 1.12 bits per heavy atom. The number of nitrogens with one attached hydrogen (secondary N) is 1. The molecule has 10 heteroatoms. The van der Waals surface area contributed by atoms with E-state index in [1.807, 2.05) is 12.1 Å². The highest BCUT2D eigenvalue weighted by Crippen LogP contribution is 2.39. The fraction of sp³-hybridized carbons (Fsp3) is 0.500. The summed E-state index contributed by atoms with van der Waals surface area (Å²) in [5.41, 5.74) is 1.57. The molecule has 0 radical (unpaired) electrons. The molecule has 2 aromatic heterocycles. The molecule has 1 N–H and O–H groups in total. The zero-order chi connectivity index (χ0) is 27.6. The van der Waals surface area contributed by atoms with Crippen LogP contribution in [0.25, 0.3) is 10.9 Å². The SMILES string of the molecule is C#Cc1cccc(C2CCCN2)c1Oc1nc(N2CCC2)c2cnc(OC)nc2c1F.FC1CC2CCCN2C1. The predicted molar refractivity (Wildman–Crippen MR) is 149 cm³/mol. The van der Waals surface area contributed by atoms with E-state index < -0.39 is 12.0 Å². The molecule has 4 saturated heterocycles. The van der Waals surface area contributed by atoms with Crippen LogP contribution in [-0.2, 0) is 0 Å². The molecule has 210 valence electrons. The first kappa shape index (κ1) is 26.7. The molecule has 3 unspecified atom stereocenters. The van der Waals surface area contributed by atoms with Gasteiger partial charge in [0.05, 0.1) is 18.1 Å². The summed E-state index contributed by atoms with van der Waals surface area (Å²) in [5.74, 6) is 2.88. The molecule has 0 saturated carbocycles. The fourth-order valence-corrected chi connectivity index (χ4v) is 6.07. The van der Waals surface area contributed by atoms with Crippen molar-refractivity contribution in [3.05, 3.63) is 41.3 Å². The van der Waals surface area contributed by atoms with Gasteiger partial charge in [0.25, 0.3) is 5.88 Å². The molecule has 4 aliphatic rings. The molecular weight excluding hydrogens is 514 g/mol. The van der Waals surface area contributed by atoms with Gasteiger partial charge in [-0.1, -0.05) is 18.1 Å². The van der Waals surface area contributed by atoms with E-state index in [0.717, 1.165) is 57.4 Å². The molecule has 4 aliphatic heterocycles. The Hall–Kier alpha value is -3.55. The van der Waals surface area contributed by atoms with Crippen LogP contribution >= 0.6 is 0 Å². The van der Waals surface area contributed by atoms with Crippen molar-refractivity contribution in [2.45, 2.75) is 56.8 Å². The molecule has 1 aromatic carbocycles. The lowest BCUT2D eigenvalue weighted by Crippen LogP contribution is -2.37. The standard InChI is InChI=1S/C23H22FN5O2.C7H12FN/c1-3-14-7-4-8-15(17-9-5-10-25-17)20(14)31-22-18(24)19-16(13-26-23(27-19)30-2)21(28-22)29-11-6-12-29;8-6-4-7-2-1-3-9(7)5-6/h1,4,7-8,13,17,25H,5-6,9-12H2,2H3;6-7H,1-5H2. The number of hydrogen-bond acceptors (Lipinski definition) is 8. The van der Waals surface area contributed by atoms with Crippen LogP contribution in [0.15, 0.2) is 24.4 Å². The molecule has 0 bridgehead atoms. The first-order chi connectivity index (χ1) is 19.6. The molecule has 0 aliphatic carbocycles. The number of ether oxygens (including phenoxy) is 2. The molecule has 40 heavy (non-hydrogen) atoms. The Bertz CT molecular complexity index is 1410. The third-order valence-electron chi connectivity index (χ3n) is 8.24. The molecule has 6 heterocycles. The van der Waals surface area contributed by atoms with Crippen molar-refractivity contribution in [1.29, 1.82) is 0 Å². The van der Waals surface area contributed by atoms with Crippen molar-refractivity contribution in [1.82, 2.24) is 25.2 Å². The van der Waals surface area contributed by atoms with Crippen LogP contribution in [0.4, 0.5) is 14.6 Å². The second kappa shape index (κ2) is 11.5. The number of benzene rings is 1. The van der Waals surface area contributed by atoms with Crippen molar-refractivity contribution in [2.24, 2.45) is 0 Å². The van der Waals surface area contributed by atoms with Gasteiger partial charge in [-0.3, -0.25) is 4.90 Å². The number of fused-ring (bicyclic) bond motifs is 2. The number of halogens is 2. The third-order valence-corrected chi connectivity index (χ3v) is 8.24. The van der Waals surface area contributed by atoms with Crippen LogP contribution in [0.1, 0.15) is 55.7 Å². The van der Waals surface area contributed by atoms with E-state index in [-0.39, 0.29) is 23.4 Å². The second-order valence-corrected chi connectivity index (χ2v) is 10.8. The quantitative estimate of drug-likeness (QED) is 0.457. The Morgan fingerprint density at radius 3 is 2.70 bits per heavy atom. The van der Waals surface area contributed by atoms with Gasteiger partial charge in [-0.25, -0.2) is 9.37 Å². The van der Waals surface area contributed by atoms with Gasteiger partial charge >= 0.3 is 6.01 Å². The van der Waals surface area contributed by atoms with Gasteiger partial charge in [-0.15, -0.1) is 6.42 Å². The number of rotatable bonds is 5. The molecule has 3 atom stereocenters. The minimum Gasteiger partial charge on any atom is -0.467 e. The second-order valence-electron chi connectivity index (χ2n) is 10.8. The van der Waals surface area contributed by atoms with Gasteiger partial charge in [0.1, 0.15) is 23.3 Å². The van der Waals surface area contributed by atoms with Gasteiger partial charge in [-0.2, -0.15) is 14.4 Å². The maximum atomic E-state index is 15.6. The van der Waals surface area contributed by atoms with Crippen molar-refractivity contribution in [3.63, 3.8) is 0 Å². The Balaban J connectivity index is 0.000000271. The summed E-state index contributed by atoms with van der Waals surface area (Å²) in [5, 5.41) is 3.97. The van der Waals surface area contributed by atoms with Crippen molar-refractivity contribution < 1.29 is 18.3 Å². The maximum Gasteiger partial charge on any atom is 0.316 e. The Morgan fingerprint density at radius 2 is 2.00 bits per heavy atom. The lowest BCUT2D eigenvalue weighted by atomic mass is 10.0. The van der Waals surface area contributed by atoms with Crippen LogP contribution in [0.2, 0.25) is 0 Å². The van der Waals surface area contributed by atoms with Crippen molar-refractivity contribution >= 4 is 16.7 Å². The first-order valence-electron chi connectivity index (χ1n) is 14.1. The number of para-hydroxylation sites is 1. The number of methoxy groups -OCH3 is 1. The normalized spacial score (nSPS) is 23.8. The molecular formula is C30H34F2N6O2. The number of pyridine rings is 1. The highest BCUT2D eigenvalue weighted by Gasteiger charge is 2.34. The third kappa shape index (κ3) is 5.16. The minimum atomic E-state index is -0.669. The van der Waals surface area contributed by atoms with E-state index in [9.17, 15) is 4.39 Å². The summed E-state index contributed by atoms with van der Waals surface area (Å²) in [7, 11) is 1.44. The van der Waals surface area contributed by atoms with E-state index in [0.29, 0.717) is 35.1 Å². The number of terminal acetylenes is 1. The Kier molecular flexibility index (Phi) is 7.67. The van der Waals surface area contributed by atoms with Crippen LogP contribution in [0.3, 0.4) is 0 Å². The predicted octanol–water partition coefficient (Wildman–Crippen LogP) is 4.77. The van der Waals surface area contributed by atoms with E-state index in [4.69, 9.17) is 15.9 Å². The van der Waals surface area contributed by atoms with E-state index >= 15 is 4.39 Å². The van der Waals surface area contributed by atoms with Crippen LogP contribution in [0.5, 0.6) is 17.6 Å². The molecule has 0 spiro atoms. The fourth-order valence-electron chi connectivity index (χ4n) is 6.07. The Labute approximate surface area is 233 Å². The number of hydrogen-bond donors (Lipinski definition) is 1. The van der Waals surface area contributed by atoms with Crippen LogP contribution in [-0.4, -0.2) is 71.9 Å². The summed E-state index contributed by atoms with van der Waals surface area (Å²) in [6.45, 7) is 4.44. The van der Waals surface area contributed by atoms with Crippen LogP contribution in [0, 0.1) is 18.2 Å². The number of nitrogens with zero attached hydrogens (tertiary/aromatic N) is 5. The van der Waals surface area contributed by atoms with E-state index in [1.54, 1.807) is 6.07 Å². The first-order valence-corrected chi connectivity index (χ1v) is 14.1. The van der Waals surface area contributed by atoms with Gasteiger partial charge in [-0.05, 0) is 57.7 Å². The zero-order valence-corrected chi connectivity index (χ0v) is 22.7. The zero-order valence-electron chi connectivity index (χ0n) is 22.7. The summed E-state index contributed by atoms with van der Waals surface area (Å²) in [6, 6.07) is 6.43. The molecule has 8 nitrogen and oxygen atoms in total. The number of alkyl halides is 1. The van der Waals surface area contributed by atoms with Crippen molar-refractivity contribution in [2.75, 3.05) is 44.7 Å². The summed E-state index contributed by atoms with van der Waals surface area (Å²) in [6.07, 6.45) is 13.2. The maximum absolute atomic E-state index is 15.6. The highest BCUT2D eigenvalue weighted by molar-refractivity contribution is 5.91. The molecule has 7 rings (SSSR count). The van der Waals surface area contributed by atoms with E-state index in [2.05, 4.69) is 36.0 Å². The highest BCUT2D eigenvalue weighted by atomic mass is 19.1. The minimum absolute atomic E-state index is 0.0815.